The van der Waals surface area contributed by atoms with Crippen LogP contribution in [0.1, 0.15) is 57.6 Å². The number of carbonyl (C=O) groups is 1. The van der Waals surface area contributed by atoms with Crippen LogP contribution in [0.2, 0.25) is 0 Å². The van der Waals surface area contributed by atoms with Gasteiger partial charge in [-0.3, -0.25) is 9.48 Å². The van der Waals surface area contributed by atoms with Crippen molar-refractivity contribution in [2.75, 3.05) is 30.3 Å². The molecule has 166 valence electrons. The summed E-state index contributed by atoms with van der Waals surface area (Å²) in [4.78, 5) is 13.1. The quantitative estimate of drug-likeness (QED) is 0.660. The molecule has 0 radical (unpaired) electrons. The van der Waals surface area contributed by atoms with Gasteiger partial charge in [-0.05, 0) is 52.8 Å². The number of anilines is 2. The number of amides is 1. The predicted molar refractivity (Wildman–Crippen MR) is 121 cm³/mol. The van der Waals surface area contributed by atoms with E-state index in [0.29, 0.717) is 36.6 Å². The van der Waals surface area contributed by atoms with Gasteiger partial charge in [0.15, 0.2) is 0 Å². The largest absolute Gasteiger partial charge is 0.384 e. The van der Waals surface area contributed by atoms with Crippen LogP contribution in [0.3, 0.4) is 0 Å². The van der Waals surface area contributed by atoms with Gasteiger partial charge < -0.3 is 10.6 Å². The number of aromatic nitrogens is 2. The number of nitrogens with zero attached hydrogens (tertiary/aromatic N) is 3. The minimum Gasteiger partial charge on any atom is -0.384 e. The van der Waals surface area contributed by atoms with E-state index in [4.69, 9.17) is 0 Å². The van der Waals surface area contributed by atoms with Gasteiger partial charge >= 0.3 is 0 Å². The van der Waals surface area contributed by atoms with Crippen LogP contribution in [0.25, 0.3) is 0 Å². The molecule has 0 saturated heterocycles. The van der Waals surface area contributed by atoms with Crippen LogP contribution in [0.15, 0.2) is 29.3 Å². The Hall–Kier alpha value is -2.39. The second kappa shape index (κ2) is 9.18. The van der Waals surface area contributed by atoms with E-state index < -0.39 is 10.0 Å². The van der Waals surface area contributed by atoms with Gasteiger partial charge in [0.1, 0.15) is 0 Å². The van der Waals surface area contributed by atoms with Crippen molar-refractivity contribution in [2.45, 2.75) is 58.9 Å². The number of carbonyl (C=O) groups excluding carboxylic acids is 1. The first-order chi connectivity index (χ1) is 14.0. The molecule has 0 atom stereocenters. The highest BCUT2D eigenvalue weighted by molar-refractivity contribution is 7.89. The Kier molecular flexibility index (Phi) is 7.31. The van der Waals surface area contributed by atoms with Crippen LogP contribution >= 0.6 is 0 Å². The zero-order valence-corrected chi connectivity index (χ0v) is 19.7. The molecule has 1 heterocycles. The molecule has 1 aromatic carbocycles. The molecule has 0 aliphatic carbocycles. The highest BCUT2D eigenvalue weighted by atomic mass is 32.2. The van der Waals surface area contributed by atoms with E-state index in [-0.39, 0.29) is 16.3 Å². The molecular formula is C21H33N5O3S. The highest BCUT2D eigenvalue weighted by Crippen LogP contribution is 2.28. The SMILES string of the molecule is CCNc1ccc(S(=O)(=O)N(CC)CC)cc1NC(=O)c1cnn(C(C)(C)C)c1C. The Bertz CT molecular complexity index is 1000. The summed E-state index contributed by atoms with van der Waals surface area (Å²) in [5.41, 5.74) is 2.01. The van der Waals surface area contributed by atoms with E-state index in [1.807, 2.05) is 34.6 Å². The van der Waals surface area contributed by atoms with Crippen molar-refractivity contribution in [3.63, 3.8) is 0 Å². The van der Waals surface area contributed by atoms with E-state index in [1.165, 1.54) is 10.4 Å². The average Bonchev–Trinajstić information content (AvgIpc) is 3.06. The molecule has 0 aliphatic rings. The lowest BCUT2D eigenvalue weighted by Crippen LogP contribution is -2.30. The van der Waals surface area contributed by atoms with E-state index in [1.54, 1.807) is 36.9 Å². The third-order valence-corrected chi connectivity index (χ3v) is 6.89. The van der Waals surface area contributed by atoms with Crippen LogP contribution in [0.5, 0.6) is 0 Å². The first kappa shape index (κ1) is 23.9. The van der Waals surface area contributed by atoms with Gasteiger partial charge in [-0.1, -0.05) is 13.8 Å². The van der Waals surface area contributed by atoms with Gasteiger partial charge in [-0.2, -0.15) is 9.40 Å². The van der Waals surface area contributed by atoms with Crippen molar-refractivity contribution in [3.05, 3.63) is 35.7 Å². The first-order valence-electron chi connectivity index (χ1n) is 10.2. The zero-order valence-electron chi connectivity index (χ0n) is 18.9. The van der Waals surface area contributed by atoms with Gasteiger partial charge in [-0.15, -0.1) is 0 Å². The topological polar surface area (TPSA) is 96.3 Å². The summed E-state index contributed by atoms with van der Waals surface area (Å²) in [7, 11) is -3.64. The molecule has 30 heavy (non-hydrogen) atoms. The fourth-order valence-electron chi connectivity index (χ4n) is 3.34. The molecule has 1 aromatic heterocycles. The monoisotopic (exact) mass is 435 g/mol. The molecule has 1 amide bonds. The Morgan fingerprint density at radius 1 is 1.13 bits per heavy atom. The van der Waals surface area contributed by atoms with E-state index in [9.17, 15) is 13.2 Å². The molecule has 0 spiro atoms. The average molecular weight is 436 g/mol. The molecule has 2 aromatic rings. The molecule has 0 saturated carbocycles. The summed E-state index contributed by atoms with van der Waals surface area (Å²) in [6.07, 6.45) is 1.54. The third kappa shape index (κ3) is 4.84. The van der Waals surface area contributed by atoms with E-state index in [2.05, 4.69) is 15.7 Å². The summed E-state index contributed by atoms with van der Waals surface area (Å²) in [5, 5.41) is 10.4. The minimum absolute atomic E-state index is 0.144. The van der Waals surface area contributed by atoms with Gasteiger partial charge in [-0.25, -0.2) is 8.42 Å². The van der Waals surface area contributed by atoms with Crippen LogP contribution in [0, 0.1) is 6.92 Å². The second-order valence-electron chi connectivity index (χ2n) is 8.01. The minimum atomic E-state index is -3.64. The molecule has 0 aliphatic heterocycles. The first-order valence-corrected chi connectivity index (χ1v) is 11.7. The van der Waals surface area contributed by atoms with Crippen molar-refractivity contribution in [3.8, 4) is 0 Å². The lowest BCUT2D eigenvalue weighted by atomic mass is 10.1. The molecule has 2 N–H and O–H groups in total. The third-order valence-electron chi connectivity index (χ3n) is 4.84. The molecule has 0 unspecified atom stereocenters. The Balaban J connectivity index is 2.45. The molecular weight excluding hydrogens is 402 g/mol. The van der Waals surface area contributed by atoms with Crippen LogP contribution in [-0.4, -0.2) is 48.0 Å². The Morgan fingerprint density at radius 2 is 1.77 bits per heavy atom. The van der Waals surface area contributed by atoms with Gasteiger partial charge in [0, 0.05) is 25.3 Å². The highest BCUT2D eigenvalue weighted by Gasteiger charge is 2.25. The molecule has 0 bridgehead atoms. The number of hydrogen-bond donors (Lipinski definition) is 2. The summed E-state index contributed by atoms with van der Waals surface area (Å²) in [6, 6.07) is 4.75. The fourth-order valence-corrected chi connectivity index (χ4v) is 4.83. The van der Waals surface area contributed by atoms with Crippen molar-refractivity contribution in [2.24, 2.45) is 0 Å². The van der Waals surface area contributed by atoms with Crippen LogP contribution in [0.4, 0.5) is 11.4 Å². The summed E-state index contributed by atoms with van der Waals surface area (Å²) >= 11 is 0. The Morgan fingerprint density at radius 3 is 2.27 bits per heavy atom. The van der Waals surface area contributed by atoms with Gasteiger partial charge in [0.25, 0.3) is 5.91 Å². The van der Waals surface area contributed by atoms with Crippen molar-refractivity contribution in [1.29, 1.82) is 0 Å². The normalized spacial score (nSPS) is 12.3. The maximum absolute atomic E-state index is 13.0. The molecule has 9 heteroatoms. The number of nitrogens with one attached hydrogen (secondary N) is 2. The standard InChI is InChI=1S/C21H33N5O3S/c1-8-22-18-12-11-16(30(28,29)25(9-2)10-3)13-19(18)24-20(27)17-14-23-26(15(17)4)21(5,6)7/h11-14,22H,8-10H2,1-7H3,(H,24,27). The summed E-state index contributed by atoms with van der Waals surface area (Å²) < 4.78 is 29.0. The number of hydrogen-bond acceptors (Lipinski definition) is 5. The molecule has 2 rings (SSSR count). The predicted octanol–water partition coefficient (Wildman–Crippen LogP) is 3.66. The number of rotatable bonds is 8. The zero-order chi connectivity index (χ0) is 22.7. The second-order valence-corrected chi connectivity index (χ2v) is 9.95. The lowest BCUT2D eigenvalue weighted by molar-refractivity contribution is 0.102. The van der Waals surface area contributed by atoms with Gasteiger partial charge in [0.05, 0.1) is 33.6 Å². The lowest BCUT2D eigenvalue weighted by Gasteiger charge is -2.21. The summed E-state index contributed by atoms with van der Waals surface area (Å²) in [5.74, 6) is -0.334. The van der Waals surface area contributed by atoms with Crippen molar-refractivity contribution < 1.29 is 13.2 Å². The van der Waals surface area contributed by atoms with E-state index in [0.717, 1.165) is 5.69 Å². The number of sulfonamides is 1. The smallest absolute Gasteiger partial charge is 0.259 e. The fraction of sp³-hybridized carbons (Fsp3) is 0.524. The van der Waals surface area contributed by atoms with Crippen LogP contribution < -0.4 is 10.6 Å². The molecule has 0 fully saturated rings. The maximum Gasteiger partial charge on any atom is 0.259 e. The van der Waals surface area contributed by atoms with Crippen molar-refractivity contribution >= 4 is 27.3 Å². The maximum atomic E-state index is 13.0. The van der Waals surface area contributed by atoms with E-state index >= 15 is 0 Å². The van der Waals surface area contributed by atoms with Crippen molar-refractivity contribution in [1.82, 2.24) is 14.1 Å². The molecule has 8 nitrogen and oxygen atoms in total. The summed E-state index contributed by atoms with van der Waals surface area (Å²) in [6.45, 7) is 14.8. The number of benzene rings is 1. The van der Waals surface area contributed by atoms with Gasteiger partial charge in [0.2, 0.25) is 10.0 Å². The Labute approximate surface area is 179 Å². The van der Waals surface area contributed by atoms with Crippen LogP contribution in [-0.2, 0) is 15.6 Å².